The van der Waals surface area contributed by atoms with Crippen LogP contribution in [0.15, 0.2) is 36.5 Å². The average molecular weight is 264 g/mol. The van der Waals surface area contributed by atoms with Gasteiger partial charge in [-0.3, -0.25) is 0 Å². The van der Waals surface area contributed by atoms with Crippen molar-refractivity contribution < 1.29 is 5.94 Å². The Morgan fingerprint density at radius 1 is 1.00 bits per heavy atom. The van der Waals surface area contributed by atoms with Gasteiger partial charge in [-0.15, -0.1) is 0 Å². The van der Waals surface area contributed by atoms with Gasteiger partial charge in [0.1, 0.15) is 7.05 Å². The van der Waals surface area contributed by atoms with Gasteiger partial charge >= 0.3 is 0 Å². The van der Waals surface area contributed by atoms with Crippen molar-refractivity contribution in [2.24, 2.45) is 7.05 Å². The molecule has 0 fully saturated rings. The van der Waals surface area contributed by atoms with Gasteiger partial charge in [0.25, 0.3) is 0 Å². The van der Waals surface area contributed by atoms with E-state index in [0.29, 0.717) is 0 Å². The number of pyridine rings is 1. The fraction of sp³-hybridized carbons (Fsp3) is 0.316. The molecule has 1 aliphatic carbocycles. The number of hydrogen-bond acceptors (Lipinski definition) is 0. The summed E-state index contributed by atoms with van der Waals surface area (Å²) in [6.45, 7) is 2.15. The van der Waals surface area contributed by atoms with E-state index in [-0.39, 0.29) is 0 Å². The minimum absolute atomic E-state index is 0.765. The molecule has 1 heteroatoms. The van der Waals surface area contributed by atoms with Crippen molar-refractivity contribution in [2.75, 3.05) is 0 Å². The summed E-state index contributed by atoms with van der Waals surface area (Å²) in [7, 11) is 2.08. The van der Waals surface area contributed by atoms with Crippen LogP contribution in [0.25, 0.3) is 21.5 Å². The molecule has 0 bridgehead atoms. The lowest BCUT2D eigenvalue weighted by Crippen LogP contribution is -2.31. The van der Waals surface area contributed by atoms with Crippen LogP contribution in [0.4, 0.5) is 0 Å². The van der Waals surface area contributed by atoms with E-state index in [1.54, 1.807) is 0 Å². The third-order valence-corrected chi connectivity index (χ3v) is 4.78. The van der Waals surface area contributed by atoms with E-state index in [4.69, 9.17) is 1.37 Å². The molecule has 0 amide bonds. The van der Waals surface area contributed by atoms with Crippen LogP contribution in [0.1, 0.15) is 31.0 Å². The Kier molecular flexibility index (Phi) is 2.34. The second-order valence-corrected chi connectivity index (χ2v) is 5.98. The first-order chi connectivity index (χ1) is 10.2. The molecule has 0 saturated carbocycles. The zero-order valence-electron chi connectivity index (χ0n) is 13.2. The van der Waals surface area contributed by atoms with Crippen LogP contribution in [0.3, 0.4) is 0 Å². The van der Waals surface area contributed by atoms with E-state index < -0.39 is 0 Å². The number of benzene rings is 2. The van der Waals surface area contributed by atoms with E-state index >= 15 is 0 Å². The van der Waals surface area contributed by atoms with Crippen molar-refractivity contribution in [3.05, 3.63) is 53.3 Å². The van der Waals surface area contributed by atoms with E-state index in [1.807, 2.05) is 0 Å². The average Bonchev–Trinajstić information content (AvgIpc) is 2.51. The van der Waals surface area contributed by atoms with Crippen LogP contribution in [-0.2, 0) is 19.9 Å². The lowest BCUT2D eigenvalue weighted by molar-refractivity contribution is -0.676. The largest absolute Gasteiger partial charge is 0.205 e. The number of aryl methyl sites for hydroxylation is 3. The smallest absolute Gasteiger partial charge is 0.185 e. The molecule has 20 heavy (non-hydrogen) atoms. The van der Waals surface area contributed by atoms with E-state index in [1.165, 1.54) is 45.8 Å². The number of aromatic nitrogens is 1. The molecule has 2 aromatic carbocycles. The van der Waals surface area contributed by atoms with E-state index in [9.17, 15) is 0 Å². The Morgan fingerprint density at radius 2 is 1.80 bits per heavy atom. The standard InChI is InChI=1S/C19H20N/c1-13-17-8-7-16-11-14-5-3-4-6-15(14)12-19(16)18(17)9-10-20(13)2/h7-12H,3-6H2,1-2H3/q+1/i12T. The Bertz CT molecular complexity index is 880. The zero-order chi connectivity index (χ0) is 14.6. The Balaban J connectivity index is 2.18. The van der Waals surface area contributed by atoms with Crippen molar-refractivity contribution in [1.29, 1.82) is 0 Å². The normalized spacial score (nSPS) is 15.4. The van der Waals surface area contributed by atoms with Gasteiger partial charge in [0.15, 0.2) is 11.9 Å². The molecule has 100 valence electrons. The molecule has 0 saturated heterocycles. The molecule has 0 atom stereocenters. The van der Waals surface area contributed by atoms with Crippen molar-refractivity contribution in [3.63, 3.8) is 0 Å². The molecule has 4 rings (SSSR count). The van der Waals surface area contributed by atoms with Crippen LogP contribution >= 0.6 is 0 Å². The van der Waals surface area contributed by atoms with Crippen LogP contribution in [0, 0.1) is 6.92 Å². The molecule has 0 spiro atoms. The number of fused-ring (bicyclic) bond motifs is 4. The topological polar surface area (TPSA) is 3.88 Å². The quantitative estimate of drug-likeness (QED) is 0.427. The molecule has 1 aliphatic rings. The SMILES string of the molecule is [3H]c1c2c(cc3ccc4c(C)[n+](C)ccc4c13)CCCC2. The molecule has 1 nitrogen and oxygen atoms in total. The molecule has 1 heterocycles. The maximum atomic E-state index is 8.72. The van der Waals surface area contributed by atoms with Gasteiger partial charge in [-0.05, 0) is 53.6 Å². The minimum atomic E-state index is 0.765. The summed E-state index contributed by atoms with van der Waals surface area (Å²) >= 11 is 0. The summed E-state index contributed by atoms with van der Waals surface area (Å²) in [5.74, 6) is 0. The fourth-order valence-electron chi connectivity index (χ4n) is 3.44. The third-order valence-electron chi connectivity index (χ3n) is 4.78. The van der Waals surface area contributed by atoms with Crippen molar-refractivity contribution in [3.8, 4) is 0 Å². The van der Waals surface area contributed by atoms with Gasteiger partial charge in [-0.1, -0.05) is 18.2 Å². The highest BCUT2D eigenvalue weighted by molar-refractivity contribution is 6.08. The predicted molar refractivity (Wildman–Crippen MR) is 84.0 cm³/mol. The minimum Gasteiger partial charge on any atom is -0.205 e. The summed E-state index contributed by atoms with van der Waals surface area (Å²) in [4.78, 5) is 0. The van der Waals surface area contributed by atoms with E-state index in [0.717, 1.165) is 24.3 Å². The second-order valence-electron chi connectivity index (χ2n) is 5.98. The summed E-state index contributed by atoms with van der Waals surface area (Å²) in [6.07, 6.45) is 6.80. The van der Waals surface area contributed by atoms with Gasteiger partial charge in [0.05, 0.1) is 1.37 Å². The zero-order valence-corrected chi connectivity index (χ0v) is 12.2. The highest BCUT2D eigenvalue weighted by atomic mass is 14.9. The van der Waals surface area contributed by atoms with Crippen molar-refractivity contribution in [1.82, 2.24) is 0 Å². The Morgan fingerprint density at radius 3 is 2.65 bits per heavy atom. The van der Waals surface area contributed by atoms with Gasteiger partial charge in [0.2, 0.25) is 0 Å². The molecule has 1 aromatic heterocycles. The van der Waals surface area contributed by atoms with Gasteiger partial charge in [-0.2, -0.15) is 0 Å². The first kappa shape index (κ1) is 10.8. The lowest BCUT2D eigenvalue weighted by atomic mass is 9.88. The maximum absolute atomic E-state index is 8.72. The molecule has 0 N–H and O–H groups in total. The predicted octanol–water partition coefficient (Wildman–Crippen LogP) is 4.00. The molecule has 3 aromatic rings. The lowest BCUT2D eigenvalue weighted by Gasteiger charge is -2.17. The summed E-state index contributed by atoms with van der Waals surface area (Å²) in [5.41, 5.74) is 3.94. The van der Waals surface area contributed by atoms with Crippen LogP contribution < -0.4 is 4.57 Å². The molecule has 0 aliphatic heterocycles. The molecule has 0 radical (unpaired) electrons. The Labute approximate surface area is 121 Å². The van der Waals surface area contributed by atoms with Crippen molar-refractivity contribution in [2.45, 2.75) is 32.6 Å². The van der Waals surface area contributed by atoms with Gasteiger partial charge in [0, 0.05) is 23.8 Å². The third kappa shape index (κ3) is 1.66. The summed E-state index contributed by atoms with van der Waals surface area (Å²) in [5, 5.41) is 4.84. The summed E-state index contributed by atoms with van der Waals surface area (Å²) in [6, 6.07) is 9.65. The van der Waals surface area contributed by atoms with Crippen LogP contribution in [-0.4, -0.2) is 0 Å². The highest BCUT2D eigenvalue weighted by Gasteiger charge is 2.14. The maximum Gasteiger partial charge on any atom is 0.185 e. The first-order valence-electron chi connectivity index (χ1n) is 8.00. The number of nitrogens with zero attached hydrogens (tertiary/aromatic N) is 1. The first-order valence-corrected chi connectivity index (χ1v) is 7.50. The molecular weight excluding hydrogens is 242 g/mol. The van der Waals surface area contributed by atoms with Crippen LogP contribution in [0.5, 0.6) is 0 Å². The monoisotopic (exact) mass is 264 g/mol. The van der Waals surface area contributed by atoms with E-state index in [2.05, 4.69) is 49.0 Å². The number of hydrogen-bond donors (Lipinski definition) is 0. The summed E-state index contributed by atoms with van der Waals surface area (Å²) < 4.78 is 10.9. The van der Waals surface area contributed by atoms with Gasteiger partial charge < -0.3 is 0 Å². The molecule has 0 unspecified atom stereocenters. The fourth-order valence-corrected chi connectivity index (χ4v) is 3.44. The highest BCUT2D eigenvalue weighted by Crippen LogP contribution is 2.31. The number of rotatable bonds is 0. The second kappa shape index (κ2) is 4.31. The van der Waals surface area contributed by atoms with Crippen molar-refractivity contribution >= 4 is 21.5 Å². The van der Waals surface area contributed by atoms with Crippen LogP contribution in [0.2, 0.25) is 0 Å². The molecular formula is C19H20N+. The Hall–Kier alpha value is -1.89. The van der Waals surface area contributed by atoms with Gasteiger partial charge in [-0.25, -0.2) is 4.57 Å².